The third kappa shape index (κ3) is 4.30. The highest BCUT2D eigenvalue weighted by molar-refractivity contribution is 7.19. The quantitative estimate of drug-likeness (QED) is 0.774. The predicted octanol–water partition coefficient (Wildman–Crippen LogP) is 2.63. The third-order valence-electron chi connectivity index (χ3n) is 3.71. The monoisotopic (exact) mass is 335 g/mol. The molecule has 0 spiro atoms. The normalized spacial score (nSPS) is 12.3. The molecule has 124 valence electrons. The van der Waals surface area contributed by atoms with Gasteiger partial charge in [-0.05, 0) is 42.1 Å². The molecule has 6 heteroatoms. The van der Waals surface area contributed by atoms with Crippen molar-refractivity contribution in [3.63, 3.8) is 0 Å². The molecule has 2 aromatic rings. The van der Waals surface area contributed by atoms with Gasteiger partial charge in [-0.1, -0.05) is 6.92 Å². The highest BCUT2D eigenvalue weighted by Crippen LogP contribution is 2.32. The number of hydrogen-bond donors (Lipinski definition) is 2. The number of hydrogen-bond acceptors (Lipinski definition) is 5. The summed E-state index contributed by atoms with van der Waals surface area (Å²) in [5, 5.41) is 9.94. The first kappa shape index (κ1) is 17.4. The molecule has 1 atom stereocenters. The van der Waals surface area contributed by atoms with Crippen molar-refractivity contribution in [1.82, 2.24) is 0 Å². The fourth-order valence-electron chi connectivity index (χ4n) is 2.49. The van der Waals surface area contributed by atoms with Crippen molar-refractivity contribution in [2.45, 2.75) is 26.2 Å². The zero-order valence-corrected chi connectivity index (χ0v) is 14.1. The van der Waals surface area contributed by atoms with Crippen LogP contribution < -0.4 is 10.5 Å². The van der Waals surface area contributed by atoms with Crippen molar-refractivity contribution in [2.75, 3.05) is 13.7 Å². The molecule has 1 aromatic carbocycles. The lowest BCUT2D eigenvalue weighted by Gasteiger charge is -2.07. The number of Topliss-reactive ketones (excluding diaryl/α,β-unsaturated/α-hetero) is 1. The lowest BCUT2D eigenvalue weighted by molar-refractivity contribution is -0.143. The van der Waals surface area contributed by atoms with Crippen LogP contribution in [0.4, 0.5) is 0 Å². The number of thiophene rings is 1. The van der Waals surface area contributed by atoms with Gasteiger partial charge < -0.3 is 15.6 Å². The maximum Gasteiger partial charge on any atom is 0.306 e. The van der Waals surface area contributed by atoms with Gasteiger partial charge in [-0.2, -0.15) is 0 Å². The summed E-state index contributed by atoms with van der Waals surface area (Å²) < 4.78 is 6.45. The topological polar surface area (TPSA) is 89.6 Å². The fourth-order valence-corrected chi connectivity index (χ4v) is 3.60. The molecule has 0 aliphatic rings. The molecule has 5 nitrogen and oxygen atoms in total. The fraction of sp³-hybridized carbons (Fsp3) is 0.412. The number of methoxy groups -OCH3 is 1. The van der Waals surface area contributed by atoms with Crippen molar-refractivity contribution in [3.8, 4) is 5.75 Å². The first-order chi connectivity index (χ1) is 10.9. The lowest BCUT2D eigenvalue weighted by atomic mass is 10.0. The number of carbonyl (C=O) groups excluding carboxylic acids is 1. The van der Waals surface area contributed by atoms with Gasteiger partial charge in [-0.15, -0.1) is 11.3 Å². The van der Waals surface area contributed by atoms with Gasteiger partial charge in [0.1, 0.15) is 11.5 Å². The average molecular weight is 335 g/mol. The molecule has 0 amide bonds. The average Bonchev–Trinajstić information content (AvgIpc) is 2.87. The molecule has 0 aliphatic carbocycles. The van der Waals surface area contributed by atoms with E-state index in [1.54, 1.807) is 14.0 Å². The number of ether oxygens (including phenoxy) is 1. The maximum atomic E-state index is 12.0. The summed E-state index contributed by atoms with van der Waals surface area (Å²) in [5.41, 5.74) is 6.68. The summed E-state index contributed by atoms with van der Waals surface area (Å²) in [6.45, 7) is 2.10. The van der Waals surface area contributed by atoms with Crippen LogP contribution in [-0.2, 0) is 22.4 Å². The molecule has 2 rings (SSSR count). The van der Waals surface area contributed by atoms with Crippen LogP contribution in [0.2, 0.25) is 0 Å². The second-order valence-corrected chi connectivity index (χ2v) is 6.78. The second kappa shape index (κ2) is 7.57. The number of carboxylic acid groups (broad SMARTS) is 1. The van der Waals surface area contributed by atoms with E-state index in [1.807, 2.05) is 18.2 Å². The number of fused-ring (bicyclic) bond motifs is 1. The standard InChI is InChI=1S/C17H21NO4S/c1-10(17(20)21)5-13(19)8-14-7-12-6-11(3-4-18)15(22-2)9-16(12)23-14/h6-7,9-10H,3-5,8,18H2,1-2H3,(H,20,21)/t10-/m0/s1. The van der Waals surface area contributed by atoms with E-state index in [9.17, 15) is 9.59 Å². The third-order valence-corrected chi connectivity index (χ3v) is 4.81. The summed E-state index contributed by atoms with van der Waals surface area (Å²) >= 11 is 1.54. The Kier molecular flexibility index (Phi) is 5.74. The minimum absolute atomic E-state index is 0.0550. The Morgan fingerprint density at radius 3 is 2.70 bits per heavy atom. The first-order valence-corrected chi connectivity index (χ1v) is 8.30. The Morgan fingerprint density at radius 1 is 1.35 bits per heavy atom. The van der Waals surface area contributed by atoms with Gasteiger partial charge in [-0.3, -0.25) is 9.59 Å². The van der Waals surface area contributed by atoms with E-state index < -0.39 is 11.9 Å². The van der Waals surface area contributed by atoms with E-state index in [2.05, 4.69) is 0 Å². The minimum atomic E-state index is -0.939. The highest BCUT2D eigenvalue weighted by Gasteiger charge is 2.17. The molecule has 0 aliphatic heterocycles. The SMILES string of the molecule is COc1cc2sc(CC(=O)C[C@H](C)C(=O)O)cc2cc1CCN. The van der Waals surface area contributed by atoms with Gasteiger partial charge in [-0.25, -0.2) is 0 Å². The molecular formula is C17H21NO4S. The van der Waals surface area contributed by atoms with E-state index in [0.717, 1.165) is 32.7 Å². The summed E-state index contributed by atoms with van der Waals surface area (Å²) in [6.07, 6.45) is 1.07. The number of nitrogens with two attached hydrogens (primary N) is 1. The van der Waals surface area contributed by atoms with E-state index in [1.165, 1.54) is 11.3 Å². The zero-order chi connectivity index (χ0) is 17.0. The van der Waals surface area contributed by atoms with Gasteiger partial charge in [0, 0.05) is 22.4 Å². The Morgan fingerprint density at radius 2 is 2.09 bits per heavy atom. The van der Waals surface area contributed by atoms with Crippen molar-refractivity contribution < 1.29 is 19.4 Å². The zero-order valence-electron chi connectivity index (χ0n) is 13.3. The van der Waals surface area contributed by atoms with Crippen molar-refractivity contribution in [3.05, 3.63) is 28.6 Å². The Labute approximate surface area is 139 Å². The molecule has 3 N–H and O–H groups in total. The van der Waals surface area contributed by atoms with Crippen LogP contribution in [0, 0.1) is 5.92 Å². The molecular weight excluding hydrogens is 314 g/mol. The van der Waals surface area contributed by atoms with E-state index in [4.69, 9.17) is 15.6 Å². The Hall–Kier alpha value is -1.92. The van der Waals surface area contributed by atoms with Crippen LogP contribution in [0.5, 0.6) is 5.75 Å². The van der Waals surface area contributed by atoms with Crippen LogP contribution in [0.15, 0.2) is 18.2 Å². The maximum absolute atomic E-state index is 12.0. The van der Waals surface area contributed by atoms with Crippen LogP contribution >= 0.6 is 11.3 Å². The van der Waals surface area contributed by atoms with Gasteiger partial charge in [0.2, 0.25) is 0 Å². The molecule has 1 aromatic heterocycles. The number of ketones is 1. The molecule has 0 saturated carbocycles. The predicted molar refractivity (Wildman–Crippen MR) is 91.3 cm³/mol. The van der Waals surface area contributed by atoms with Crippen molar-refractivity contribution >= 4 is 33.2 Å². The molecule has 0 bridgehead atoms. The molecule has 0 unspecified atom stereocenters. The summed E-state index contributed by atoms with van der Waals surface area (Å²) in [6, 6.07) is 6.01. The van der Waals surface area contributed by atoms with Crippen LogP contribution in [0.25, 0.3) is 10.1 Å². The first-order valence-electron chi connectivity index (χ1n) is 7.48. The largest absolute Gasteiger partial charge is 0.496 e. The van der Waals surface area contributed by atoms with Crippen LogP contribution in [0.3, 0.4) is 0 Å². The number of benzene rings is 1. The van der Waals surface area contributed by atoms with Gasteiger partial charge in [0.25, 0.3) is 0 Å². The van der Waals surface area contributed by atoms with Gasteiger partial charge >= 0.3 is 5.97 Å². The number of carboxylic acids is 1. The van der Waals surface area contributed by atoms with E-state index >= 15 is 0 Å². The van der Waals surface area contributed by atoms with E-state index in [0.29, 0.717) is 6.54 Å². The Balaban J connectivity index is 2.19. The number of rotatable bonds is 8. The Bertz CT molecular complexity index is 723. The number of carbonyl (C=O) groups is 2. The lowest BCUT2D eigenvalue weighted by Crippen LogP contribution is -2.15. The molecule has 23 heavy (non-hydrogen) atoms. The highest BCUT2D eigenvalue weighted by atomic mass is 32.1. The summed E-state index contributed by atoms with van der Waals surface area (Å²) in [4.78, 5) is 23.8. The van der Waals surface area contributed by atoms with Gasteiger partial charge in [0.15, 0.2) is 0 Å². The number of aliphatic carboxylic acids is 1. The molecule has 0 saturated heterocycles. The van der Waals surface area contributed by atoms with E-state index in [-0.39, 0.29) is 18.6 Å². The minimum Gasteiger partial charge on any atom is -0.496 e. The smallest absolute Gasteiger partial charge is 0.306 e. The summed E-state index contributed by atoms with van der Waals surface area (Å²) in [7, 11) is 1.63. The van der Waals surface area contributed by atoms with Crippen molar-refractivity contribution in [2.24, 2.45) is 11.7 Å². The second-order valence-electron chi connectivity index (χ2n) is 5.61. The molecule has 0 fully saturated rings. The van der Waals surface area contributed by atoms with Crippen molar-refractivity contribution in [1.29, 1.82) is 0 Å². The molecule has 1 heterocycles. The van der Waals surface area contributed by atoms with Crippen LogP contribution in [-0.4, -0.2) is 30.5 Å². The van der Waals surface area contributed by atoms with Gasteiger partial charge in [0.05, 0.1) is 13.0 Å². The van der Waals surface area contributed by atoms with Crippen LogP contribution in [0.1, 0.15) is 23.8 Å². The molecule has 0 radical (unpaired) electrons. The summed E-state index contributed by atoms with van der Waals surface area (Å²) in [5.74, 6) is -0.832.